The SMILES string of the molecule is CCNCCc1nc(Cc2cc(F)cc(F)c2)no1. The summed E-state index contributed by atoms with van der Waals surface area (Å²) in [6.07, 6.45) is 0.887. The molecule has 0 atom stereocenters. The van der Waals surface area contributed by atoms with Gasteiger partial charge >= 0.3 is 0 Å². The summed E-state index contributed by atoms with van der Waals surface area (Å²) in [4.78, 5) is 4.17. The van der Waals surface area contributed by atoms with Crippen molar-refractivity contribution in [3.63, 3.8) is 0 Å². The highest BCUT2D eigenvalue weighted by Gasteiger charge is 2.08. The van der Waals surface area contributed by atoms with E-state index in [9.17, 15) is 8.78 Å². The van der Waals surface area contributed by atoms with Crippen LogP contribution in [-0.4, -0.2) is 23.2 Å². The summed E-state index contributed by atoms with van der Waals surface area (Å²) >= 11 is 0. The molecule has 0 aliphatic carbocycles. The van der Waals surface area contributed by atoms with Crippen LogP contribution in [0.1, 0.15) is 24.2 Å². The lowest BCUT2D eigenvalue weighted by Gasteiger charge is -1.98. The summed E-state index contributed by atoms with van der Waals surface area (Å²) in [7, 11) is 0. The van der Waals surface area contributed by atoms with Crippen LogP contribution < -0.4 is 5.32 Å². The Kier molecular flexibility index (Phi) is 4.57. The molecule has 0 saturated carbocycles. The summed E-state index contributed by atoms with van der Waals surface area (Å²) in [5.41, 5.74) is 0.483. The number of likely N-dealkylation sites (N-methyl/N-ethyl adjacent to an activating group) is 1. The van der Waals surface area contributed by atoms with Crippen molar-refractivity contribution in [1.29, 1.82) is 0 Å². The van der Waals surface area contributed by atoms with Crippen LogP contribution in [0.15, 0.2) is 22.7 Å². The van der Waals surface area contributed by atoms with Gasteiger partial charge in [-0.1, -0.05) is 12.1 Å². The van der Waals surface area contributed by atoms with Crippen LogP contribution in [0.5, 0.6) is 0 Å². The van der Waals surface area contributed by atoms with E-state index in [-0.39, 0.29) is 6.42 Å². The number of benzene rings is 1. The minimum Gasteiger partial charge on any atom is -0.339 e. The van der Waals surface area contributed by atoms with Crippen LogP contribution in [0.2, 0.25) is 0 Å². The number of nitrogens with zero attached hydrogens (tertiary/aromatic N) is 2. The third-order valence-corrected chi connectivity index (χ3v) is 2.56. The minimum absolute atomic E-state index is 0.249. The predicted molar refractivity (Wildman–Crippen MR) is 65.7 cm³/mol. The third-order valence-electron chi connectivity index (χ3n) is 2.56. The Morgan fingerprint density at radius 1 is 1.21 bits per heavy atom. The van der Waals surface area contributed by atoms with Crippen molar-refractivity contribution in [2.24, 2.45) is 0 Å². The predicted octanol–water partition coefficient (Wildman–Crippen LogP) is 2.09. The molecule has 6 heteroatoms. The van der Waals surface area contributed by atoms with E-state index in [1.54, 1.807) is 0 Å². The highest BCUT2D eigenvalue weighted by atomic mass is 19.1. The molecule has 102 valence electrons. The van der Waals surface area contributed by atoms with E-state index < -0.39 is 11.6 Å². The number of nitrogens with one attached hydrogen (secondary N) is 1. The molecule has 2 aromatic rings. The van der Waals surface area contributed by atoms with Crippen molar-refractivity contribution in [2.75, 3.05) is 13.1 Å². The molecular formula is C13H15F2N3O. The fraction of sp³-hybridized carbons (Fsp3) is 0.385. The smallest absolute Gasteiger partial charge is 0.227 e. The maximum atomic E-state index is 13.0. The molecule has 19 heavy (non-hydrogen) atoms. The molecule has 0 aliphatic rings. The molecule has 0 unspecified atom stereocenters. The second kappa shape index (κ2) is 6.38. The molecule has 0 aliphatic heterocycles. The van der Waals surface area contributed by atoms with Crippen LogP contribution >= 0.6 is 0 Å². The quantitative estimate of drug-likeness (QED) is 0.814. The molecule has 2 rings (SSSR count). The van der Waals surface area contributed by atoms with E-state index in [1.807, 2.05) is 6.92 Å². The zero-order valence-corrected chi connectivity index (χ0v) is 10.6. The summed E-state index contributed by atoms with van der Waals surface area (Å²) in [5.74, 6) is -0.263. The van der Waals surface area contributed by atoms with E-state index in [4.69, 9.17) is 4.52 Å². The van der Waals surface area contributed by atoms with Gasteiger partial charge in [-0.2, -0.15) is 4.98 Å². The van der Waals surface area contributed by atoms with Crippen molar-refractivity contribution in [2.45, 2.75) is 19.8 Å². The summed E-state index contributed by atoms with van der Waals surface area (Å²) in [5, 5.41) is 6.93. The Bertz CT molecular complexity index is 522. The van der Waals surface area contributed by atoms with Gasteiger partial charge in [-0.3, -0.25) is 0 Å². The van der Waals surface area contributed by atoms with Gasteiger partial charge in [0.25, 0.3) is 0 Å². The molecule has 1 aromatic heterocycles. The van der Waals surface area contributed by atoms with Gasteiger partial charge < -0.3 is 9.84 Å². The number of aromatic nitrogens is 2. The maximum Gasteiger partial charge on any atom is 0.227 e. The van der Waals surface area contributed by atoms with Gasteiger partial charge in [-0.25, -0.2) is 8.78 Å². The van der Waals surface area contributed by atoms with Gasteiger partial charge in [-0.05, 0) is 24.2 Å². The van der Waals surface area contributed by atoms with Crippen molar-refractivity contribution >= 4 is 0 Å². The molecule has 1 aromatic carbocycles. The Morgan fingerprint density at radius 2 is 1.95 bits per heavy atom. The van der Waals surface area contributed by atoms with Crippen molar-refractivity contribution in [1.82, 2.24) is 15.5 Å². The minimum atomic E-state index is -0.606. The largest absolute Gasteiger partial charge is 0.339 e. The number of hydrogen-bond acceptors (Lipinski definition) is 4. The molecule has 0 amide bonds. The first-order chi connectivity index (χ1) is 9.17. The van der Waals surface area contributed by atoms with Gasteiger partial charge in [0, 0.05) is 25.5 Å². The average Bonchev–Trinajstić information content (AvgIpc) is 2.76. The second-order valence-electron chi connectivity index (χ2n) is 4.16. The van der Waals surface area contributed by atoms with E-state index in [2.05, 4.69) is 15.5 Å². The van der Waals surface area contributed by atoms with E-state index in [0.29, 0.717) is 23.7 Å². The maximum absolute atomic E-state index is 13.0. The Morgan fingerprint density at radius 3 is 2.63 bits per heavy atom. The summed E-state index contributed by atoms with van der Waals surface area (Å²) < 4.78 is 31.1. The molecule has 0 bridgehead atoms. The monoisotopic (exact) mass is 267 g/mol. The fourth-order valence-corrected chi connectivity index (χ4v) is 1.73. The number of halogens is 2. The molecule has 4 nitrogen and oxygen atoms in total. The lowest BCUT2D eigenvalue weighted by atomic mass is 10.1. The van der Waals surface area contributed by atoms with Crippen LogP contribution in [0.3, 0.4) is 0 Å². The standard InChI is InChI=1S/C13H15F2N3O/c1-2-16-4-3-13-17-12(18-19-13)7-9-5-10(14)8-11(15)6-9/h5-6,8,16H,2-4,7H2,1H3. The molecule has 0 radical (unpaired) electrons. The van der Waals surface area contributed by atoms with Gasteiger partial charge in [-0.15, -0.1) is 0 Å². The normalized spacial score (nSPS) is 10.9. The van der Waals surface area contributed by atoms with Crippen molar-refractivity contribution in [3.05, 3.63) is 47.1 Å². The lowest BCUT2D eigenvalue weighted by molar-refractivity contribution is 0.372. The first-order valence-electron chi connectivity index (χ1n) is 6.14. The van der Waals surface area contributed by atoms with Crippen LogP contribution in [0, 0.1) is 11.6 Å². The molecule has 0 fully saturated rings. The van der Waals surface area contributed by atoms with E-state index >= 15 is 0 Å². The molecule has 1 heterocycles. The second-order valence-corrected chi connectivity index (χ2v) is 4.16. The van der Waals surface area contributed by atoms with Crippen LogP contribution in [-0.2, 0) is 12.8 Å². The van der Waals surface area contributed by atoms with E-state index in [1.165, 1.54) is 12.1 Å². The zero-order valence-electron chi connectivity index (χ0n) is 10.6. The first kappa shape index (κ1) is 13.6. The third kappa shape index (κ3) is 4.10. The van der Waals surface area contributed by atoms with Crippen LogP contribution in [0.4, 0.5) is 8.78 Å². The topological polar surface area (TPSA) is 51.0 Å². The average molecular weight is 267 g/mol. The Balaban J connectivity index is 1.99. The van der Waals surface area contributed by atoms with Crippen molar-refractivity contribution < 1.29 is 13.3 Å². The van der Waals surface area contributed by atoms with Gasteiger partial charge in [0.2, 0.25) is 5.89 Å². The lowest BCUT2D eigenvalue weighted by Crippen LogP contribution is -2.16. The Labute approximate surface area is 109 Å². The molecule has 0 spiro atoms. The highest BCUT2D eigenvalue weighted by molar-refractivity contribution is 5.21. The van der Waals surface area contributed by atoms with Gasteiger partial charge in [0.15, 0.2) is 5.82 Å². The zero-order chi connectivity index (χ0) is 13.7. The molecule has 1 N–H and O–H groups in total. The fourth-order valence-electron chi connectivity index (χ4n) is 1.73. The van der Waals surface area contributed by atoms with Crippen LogP contribution in [0.25, 0.3) is 0 Å². The number of rotatable bonds is 6. The molecule has 0 saturated heterocycles. The van der Waals surface area contributed by atoms with Crippen molar-refractivity contribution in [3.8, 4) is 0 Å². The first-order valence-corrected chi connectivity index (χ1v) is 6.14. The van der Waals surface area contributed by atoms with E-state index in [0.717, 1.165) is 19.2 Å². The highest BCUT2D eigenvalue weighted by Crippen LogP contribution is 2.11. The number of hydrogen-bond donors (Lipinski definition) is 1. The summed E-state index contributed by atoms with van der Waals surface area (Å²) in [6, 6.07) is 3.36. The van der Waals surface area contributed by atoms with Gasteiger partial charge in [0.05, 0.1) is 0 Å². The Hall–Kier alpha value is -1.82. The summed E-state index contributed by atoms with van der Waals surface area (Å²) in [6.45, 7) is 3.65. The molecular weight excluding hydrogens is 252 g/mol. The van der Waals surface area contributed by atoms with Gasteiger partial charge in [0.1, 0.15) is 11.6 Å².